The second-order valence-corrected chi connectivity index (χ2v) is 4.83. The number of carboxylic acid groups (broad SMARTS) is 1. The van der Waals surface area contributed by atoms with Gasteiger partial charge in [0.2, 0.25) is 0 Å². The molecule has 16 heavy (non-hydrogen) atoms. The van der Waals surface area contributed by atoms with Gasteiger partial charge in [-0.05, 0) is 32.1 Å². The van der Waals surface area contributed by atoms with Crippen molar-refractivity contribution < 1.29 is 19.4 Å². The molecule has 0 spiro atoms. The molecule has 88 valence electrons. The Hall–Kier alpha value is -1.32. The van der Waals surface area contributed by atoms with E-state index in [1.54, 1.807) is 6.92 Å². The molecule has 4 unspecified atom stereocenters. The Kier molecular flexibility index (Phi) is 2.74. The van der Waals surface area contributed by atoms with Crippen molar-refractivity contribution in [2.24, 2.45) is 17.8 Å². The fourth-order valence-corrected chi connectivity index (χ4v) is 3.03. The first-order valence-electron chi connectivity index (χ1n) is 5.60. The number of rotatable bonds is 3. The van der Waals surface area contributed by atoms with E-state index >= 15 is 0 Å². The van der Waals surface area contributed by atoms with Gasteiger partial charge in [0.25, 0.3) is 0 Å². The molecule has 1 N–H and O–H groups in total. The molecule has 0 aromatic heterocycles. The van der Waals surface area contributed by atoms with Crippen molar-refractivity contribution in [3.05, 3.63) is 12.2 Å². The number of hydrogen-bond acceptors (Lipinski definition) is 3. The third-order valence-electron chi connectivity index (χ3n) is 3.74. The van der Waals surface area contributed by atoms with Crippen molar-refractivity contribution in [1.82, 2.24) is 0 Å². The van der Waals surface area contributed by atoms with Gasteiger partial charge >= 0.3 is 11.9 Å². The van der Waals surface area contributed by atoms with Crippen LogP contribution in [0.15, 0.2) is 12.2 Å². The average Bonchev–Trinajstić information content (AvgIpc) is 2.73. The summed E-state index contributed by atoms with van der Waals surface area (Å²) in [5.41, 5.74) is 0.370. The first-order chi connectivity index (χ1) is 7.50. The van der Waals surface area contributed by atoms with Gasteiger partial charge in [-0.15, -0.1) is 0 Å². The van der Waals surface area contributed by atoms with Gasteiger partial charge in [0, 0.05) is 11.5 Å². The minimum Gasteiger partial charge on any atom is -0.481 e. The largest absolute Gasteiger partial charge is 0.481 e. The van der Waals surface area contributed by atoms with Crippen LogP contribution in [-0.2, 0) is 14.3 Å². The SMILES string of the molecule is C=C(C)C(=O)OC1CC2CCC1C2C(=O)O. The van der Waals surface area contributed by atoms with Crippen LogP contribution in [0.1, 0.15) is 26.2 Å². The van der Waals surface area contributed by atoms with Gasteiger partial charge in [0.1, 0.15) is 6.10 Å². The number of aliphatic carboxylic acids is 1. The van der Waals surface area contributed by atoms with Crippen molar-refractivity contribution in [1.29, 1.82) is 0 Å². The predicted molar refractivity (Wildman–Crippen MR) is 56.7 cm³/mol. The monoisotopic (exact) mass is 224 g/mol. The zero-order valence-electron chi connectivity index (χ0n) is 9.31. The average molecular weight is 224 g/mol. The fraction of sp³-hybridized carbons (Fsp3) is 0.667. The third kappa shape index (κ3) is 1.72. The Morgan fingerprint density at radius 3 is 2.56 bits per heavy atom. The Balaban J connectivity index is 2.03. The van der Waals surface area contributed by atoms with Crippen molar-refractivity contribution >= 4 is 11.9 Å². The standard InChI is InChI=1S/C12H16O4/c1-6(2)12(15)16-9-5-7-3-4-8(9)10(7)11(13)14/h7-10H,1,3-5H2,2H3,(H,13,14). The molecule has 0 aromatic carbocycles. The lowest BCUT2D eigenvalue weighted by Gasteiger charge is -2.21. The summed E-state index contributed by atoms with van der Waals surface area (Å²) in [6.45, 7) is 5.12. The van der Waals surface area contributed by atoms with Gasteiger partial charge in [-0.2, -0.15) is 0 Å². The second kappa shape index (κ2) is 3.92. The highest BCUT2D eigenvalue weighted by Crippen LogP contribution is 2.50. The predicted octanol–water partition coefficient (Wildman–Crippen LogP) is 1.60. The molecule has 2 aliphatic rings. The highest BCUT2D eigenvalue weighted by Gasteiger charge is 2.53. The van der Waals surface area contributed by atoms with E-state index in [4.69, 9.17) is 9.84 Å². The maximum atomic E-state index is 11.4. The van der Waals surface area contributed by atoms with E-state index in [2.05, 4.69) is 6.58 Å². The summed E-state index contributed by atoms with van der Waals surface area (Å²) < 4.78 is 5.29. The van der Waals surface area contributed by atoms with Gasteiger partial charge in [-0.3, -0.25) is 4.79 Å². The molecule has 0 amide bonds. The molecule has 4 atom stereocenters. The van der Waals surface area contributed by atoms with Gasteiger partial charge < -0.3 is 9.84 Å². The van der Waals surface area contributed by atoms with Gasteiger partial charge in [-0.25, -0.2) is 4.79 Å². The summed E-state index contributed by atoms with van der Waals surface area (Å²) in [5.74, 6) is -1.28. The highest BCUT2D eigenvalue weighted by atomic mass is 16.5. The lowest BCUT2D eigenvalue weighted by Crippen LogP contribution is -2.27. The number of ether oxygens (including phenoxy) is 1. The number of hydrogen-bond donors (Lipinski definition) is 1. The molecule has 4 heteroatoms. The summed E-state index contributed by atoms with van der Waals surface area (Å²) in [4.78, 5) is 22.5. The second-order valence-electron chi connectivity index (χ2n) is 4.83. The summed E-state index contributed by atoms with van der Waals surface area (Å²) in [7, 11) is 0. The highest BCUT2D eigenvalue weighted by molar-refractivity contribution is 5.87. The molecular formula is C12H16O4. The van der Waals surface area contributed by atoms with E-state index < -0.39 is 11.9 Å². The lowest BCUT2D eigenvalue weighted by atomic mass is 9.97. The van der Waals surface area contributed by atoms with Crippen LogP contribution in [-0.4, -0.2) is 23.1 Å². The number of fused-ring (bicyclic) bond motifs is 2. The summed E-state index contributed by atoms with van der Waals surface area (Å²) in [6, 6.07) is 0. The molecule has 2 saturated carbocycles. The first-order valence-corrected chi connectivity index (χ1v) is 5.60. The van der Waals surface area contributed by atoms with Crippen LogP contribution >= 0.6 is 0 Å². The zero-order chi connectivity index (χ0) is 11.9. The van der Waals surface area contributed by atoms with Crippen LogP contribution < -0.4 is 0 Å². The molecule has 0 heterocycles. The van der Waals surface area contributed by atoms with Crippen LogP contribution in [0.5, 0.6) is 0 Å². The number of esters is 1. The Morgan fingerprint density at radius 1 is 1.38 bits per heavy atom. The molecule has 4 nitrogen and oxygen atoms in total. The molecule has 0 aromatic rings. The van der Waals surface area contributed by atoms with Gasteiger partial charge in [0.15, 0.2) is 0 Å². The van der Waals surface area contributed by atoms with Crippen LogP contribution in [0.25, 0.3) is 0 Å². The first kappa shape index (κ1) is 11.2. The topological polar surface area (TPSA) is 63.6 Å². The lowest BCUT2D eigenvalue weighted by molar-refractivity contribution is -0.150. The number of carbonyl (C=O) groups is 2. The minimum absolute atomic E-state index is 0.00537. The maximum Gasteiger partial charge on any atom is 0.333 e. The maximum absolute atomic E-state index is 11.4. The fourth-order valence-electron chi connectivity index (χ4n) is 3.03. The van der Waals surface area contributed by atoms with Gasteiger partial charge in [0.05, 0.1) is 5.92 Å². The molecule has 2 aliphatic carbocycles. The third-order valence-corrected chi connectivity index (χ3v) is 3.74. The molecule has 2 bridgehead atoms. The Bertz CT molecular complexity index is 347. The van der Waals surface area contributed by atoms with Gasteiger partial charge in [-0.1, -0.05) is 6.58 Å². The van der Waals surface area contributed by atoms with E-state index in [0.29, 0.717) is 12.0 Å². The van der Waals surface area contributed by atoms with Crippen molar-refractivity contribution in [3.63, 3.8) is 0 Å². The van der Waals surface area contributed by atoms with E-state index in [0.717, 1.165) is 12.8 Å². The molecule has 0 aliphatic heterocycles. The van der Waals surface area contributed by atoms with E-state index in [1.165, 1.54) is 0 Å². The number of carboxylic acids is 1. The Morgan fingerprint density at radius 2 is 2.06 bits per heavy atom. The van der Waals surface area contributed by atoms with E-state index in [9.17, 15) is 9.59 Å². The Labute approximate surface area is 94.3 Å². The quantitative estimate of drug-likeness (QED) is 0.584. The van der Waals surface area contributed by atoms with E-state index in [-0.39, 0.29) is 23.9 Å². The molecular weight excluding hydrogens is 208 g/mol. The van der Waals surface area contributed by atoms with Crippen molar-refractivity contribution in [3.8, 4) is 0 Å². The zero-order valence-corrected chi connectivity index (χ0v) is 9.31. The van der Waals surface area contributed by atoms with Crippen LogP contribution in [0.4, 0.5) is 0 Å². The molecule has 2 fully saturated rings. The summed E-state index contributed by atoms with van der Waals surface area (Å²) in [5, 5.41) is 9.10. The van der Waals surface area contributed by atoms with Crippen LogP contribution in [0.3, 0.4) is 0 Å². The van der Waals surface area contributed by atoms with Crippen LogP contribution in [0.2, 0.25) is 0 Å². The van der Waals surface area contributed by atoms with E-state index in [1.807, 2.05) is 0 Å². The molecule has 0 saturated heterocycles. The summed E-state index contributed by atoms with van der Waals surface area (Å²) in [6.07, 6.45) is 2.28. The van der Waals surface area contributed by atoms with Crippen molar-refractivity contribution in [2.75, 3.05) is 0 Å². The number of carbonyl (C=O) groups excluding carboxylic acids is 1. The summed E-state index contributed by atoms with van der Waals surface area (Å²) >= 11 is 0. The molecule has 2 rings (SSSR count). The van der Waals surface area contributed by atoms with Crippen molar-refractivity contribution in [2.45, 2.75) is 32.3 Å². The normalized spacial score (nSPS) is 36.1. The smallest absolute Gasteiger partial charge is 0.333 e. The van der Waals surface area contributed by atoms with Crippen LogP contribution in [0, 0.1) is 17.8 Å². The molecule has 0 radical (unpaired) electrons. The minimum atomic E-state index is -0.749.